The molecular weight excluding hydrogens is 232 g/mol. The second kappa shape index (κ2) is 5.74. The lowest BCUT2D eigenvalue weighted by Gasteiger charge is -2.14. The van der Waals surface area contributed by atoms with Gasteiger partial charge in [0.25, 0.3) is 0 Å². The SMILES string of the molecule is C[C@H](NCc1ccc(F)cc1F)c1ccccc1. The first kappa shape index (κ1) is 12.7. The Hall–Kier alpha value is -1.74. The fourth-order valence-corrected chi connectivity index (χ4v) is 1.79. The lowest BCUT2D eigenvalue weighted by atomic mass is 10.1. The normalized spacial score (nSPS) is 12.4. The minimum absolute atomic E-state index is 0.121. The second-order valence-electron chi connectivity index (χ2n) is 4.25. The van der Waals surface area contributed by atoms with E-state index in [9.17, 15) is 8.78 Å². The topological polar surface area (TPSA) is 12.0 Å². The maximum Gasteiger partial charge on any atom is 0.130 e. The van der Waals surface area contributed by atoms with Gasteiger partial charge >= 0.3 is 0 Å². The fourth-order valence-electron chi connectivity index (χ4n) is 1.79. The summed E-state index contributed by atoms with van der Waals surface area (Å²) in [5.74, 6) is -1.06. The molecule has 0 amide bonds. The van der Waals surface area contributed by atoms with E-state index in [0.29, 0.717) is 12.1 Å². The summed E-state index contributed by atoms with van der Waals surface area (Å²) in [6, 6.07) is 13.7. The molecule has 1 N–H and O–H groups in total. The Morgan fingerprint density at radius 2 is 1.78 bits per heavy atom. The van der Waals surface area contributed by atoms with Crippen molar-refractivity contribution in [1.29, 1.82) is 0 Å². The molecule has 0 heterocycles. The van der Waals surface area contributed by atoms with E-state index >= 15 is 0 Å². The van der Waals surface area contributed by atoms with Crippen molar-refractivity contribution in [3.63, 3.8) is 0 Å². The van der Waals surface area contributed by atoms with Gasteiger partial charge in [0.2, 0.25) is 0 Å². The van der Waals surface area contributed by atoms with Crippen LogP contribution in [0.3, 0.4) is 0 Å². The zero-order valence-electron chi connectivity index (χ0n) is 10.2. The van der Waals surface area contributed by atoms with Gasteiger partial charge in [0.1, 0.15) is 11.6 Å². The molecular formula is C15H15F2N. The monoisotopic (exact) mass is 247 g/mol. The molecule has 1 atom stereocenters. The van der Waals surface area contributed by atoms with Crippen LogP contribution in [0, 0.1) is 11.6 Å². The summed E-state index contributed by atoms with van der Waals surface area (Å²) in [5, 5.41) is 3.21. The van der Waals surface area contributed by atoms with Crippen molar-refractivity contribution in [1.82, 2.24) is 5.32 Å². The Balaban J connectivity index is 1.99. The van der Waals surface area contributed by atoms with Gasteiger partial charge < -0.3 is 5.32 Å². The average Bonchev–Trinajstić information content (AvgIpc) is 2.38. The van der Waals surface area contributed by atoms with Crippen LogP contribution in [-0.4, -0.2) is 0 Å². The highest BCUT2D eigenvalue weighted by atomic mass is 19.1. The van der Waals surface area contributed by atoms with E-state index in [0.717, 1.165) is 11.6 Å². The number of nitrogens with one attached hydrogen (secondary N) is 1. The van der Waals surface area contributed by atoms with E-state index in [-0.39, 0.29) is 6.04 Å². The van der Waals surface area contributed by atoms with Crippen LogP contribution in [0.25, 0.3) is 0 Å². The van der Waals surface area contributed by atoms with Gasteiger partial charge in [-0.3, -0.25) is 0 Å². The molecule has 0 bridgehead atoms. The molecule has 0 saturated heterocycles. The minimum atomic E-state index is -0.549. The van der Waals surface area contributed by atoms with Crippen LogP contribution in [0.1, 0.15) is 24.1 Å². The Kier molecular flexibility index (Phi) is 4.05. The van der Waals surface area contributed by atoms with E-state index in [4.69, 9.17) is 0 Å². The Morgan fingerprint density at radius 3 is 2.44 bits per heavy atom. The van der Waals surface area contributed by atoms with Crippen LogP contribution in [0.2, 0.25) is 0 Å². The molecule has 0 aliphatic carbocycles. The van der Waals surface area contributed by atoms with Gasteiger partial charge in [0.15, 0.2) is 0 Å². The fraction of sp³-hybridized carbons (Fsp3) is 0.200. The van der Waals surface area contributed by atoms with Gasteiger partial charge in [0.05, 0.1) is 0 Å². The Morgan fingerprint density at radius 1 is 1.06 bits per heavy atom. The quantitative estimate of drug-likeness (QED) is 0.866. The first-order valence-corrected chi connectivity index (χ1v) is 5.89. The molecule has 0 saturated carbocycles. The van der Waals surface area contributed by atoms with Crippen LogP contribution >= 0.6 is 0 Å². The van der Waals surface area contributed by atoms with Crippen molar-refractivity contribution < 1.29 is 8.78 Å². The van der Waals surface area contributed by atoms with E-state index in [1.165, 1.54) is 12.1 Å². The van der Waals surface area contributed by atoms with Crippen molar-refractivity contribution in [2.75, 3.05) is 0 Å². The first-order chi connectivity index (χ1) is 8.66. The van der Waals surface area contributed by atoms with Crippen molar-refractivity contribution in [2.45, 2.75) is 19.5 Å². The van der Waals surface area contributed by atoms with E-state index in [2.05, 4.69) is 5.32 Å². The maximum absolute atomic E-state index is 13.4. The number of hydrogen-bond acceptors (Lipinski definition) is 1. The molecule has 3 heteroatoms. The molecule has 2 aromatic rings. The molecule has 18 heavy (non-hydrogen) atoms. The maximum atomic E-state index is 13.4. The molecule has 0 spiro atoms. The average molecular weight is 247 g/mol. The molecule has 0 unspecified atom stereocenters. The third-order valence-electron chi connectivity index (χ3n) is 2.91. The van der Waals surface area contributed by atoms with Crippen LogP contribution < -0.4 is 5.32 Å². The van der Waals surface area contributed by atoms with Gasteiger partial charge in [0, 0.05) is 24.2 Å². The Labute approximate surface area is 105 Å². The number of hydrogen-bond donors (Lipinski definition) is 1. The van der Waals surface area contributed by atoms with E-state index in [1.807, 2.05) is 37.3 Å². The van der Waals surface area contributed by atoms with Crippen molar-refractivity contribution in [3.05, 3.63) is 71.3 Å². The van der Waals surface area contributed by atoms with Crippen molar-refractivity contribution in [3.8, 4) is 0 Å². The van der Waals surface area contributed by atoms with Gasteiger partial charge in [-0.05, 0) is 18.6 Å². The third kappa shape index (κ3) is 3.14. The number of benzene rings is 2. The highest BCUT2D eigenvalue weighted by Crippen LogP contribution is 2.14. The largest absolute Gasteiger partial charge is 0.306 e. The van der Waals surface area contributed by atoms with Crippen LogP contribution in [0.4, 0.5) is 8.78 Å². The summed E-state index contributed by atoms with van der Waals surface area (Å²) >= 11 is 0. The van der Waals surface area contributed by atoms with Gasteiger partial charge in [-0.2, -0.15) is 0 Å². The first-order valence-electron chi connectivity index (χ1n) is 5.89. The molecule has 0 aliphatic heterocycles. The van der Waals surface area contributed by atoms with Gasteiger partial charge in [-0.15, -0.1) is 0 Å². The van der Waals surface area contributed by atoms with Crippen LogP contribution in [-0.2, 0) is 6.54 Å². The predicted octanol–water partition coefficient (Wildman–Crippen LogP) is 3.82. The number of halogens is 2. The smallest absolute Gasteiger partial charge is 0.130 e. The summed E-state index contributed by atoms with van der Waals surface area (Å²) in [5.41, 5.74) is 1.61. The summed E-state index contributed by atoms with van der Waals surface area (Å²) in [6.45, 7) is 2.39. The van der Waals surface area contributed by atoms with Crippen LogP contribution in [0.5, 0.6) is 0 Å². The lowest BCUT2D eigenvalue weighted by Crippen LogP contribution is -2.18. The standard InChI is InChI=1S/C15H15F2N/c1-11(12-5-3-2-4-6-12)18-10-13-7-8-14(16)9-15(13)17/h2-9,11,18H,10H2,1H3/t11-/m0/s1. The summed E-state index contributed by atoms with van der Waals surface area (Å²) in [7, 11) is 0. The molecule has 0 aliphatic rings. The molecule has 2 rings (SSSR count). The van der Waals surface area contributed by atoms with Crippen molar-refractivity contribution in [2.24, 2.45) is 0 Å². The summed E-state index contributed by atoms with van der Waals surface area (Å²) in [6.07, 6.45) is 0. The minimum Gasteiger partial charge on any atom is -0.306 e. The molecule has 0 radical (unpaired) electrons. The summed E-state index contributed by atoms with van der Waals surface area (Å²) in [4.78, 5) is 0. The lowest BCUT2D eigenvalue weighted by molar-refractivity contribution is 0.533. The van der Waals surface area contributed by atoms with Crippen LogP contribution in [0.15, 0.2) is 48.5 Å². The summed E-state index contributed by atoms with van der Waals surface area (Å²) < 4.78 is 26.2. The number of rotatable bonds is 4. The van der Waals surface area contributed by atoms with E-state index < -0.39 is 11.6 Å². The zero-order valence-corrected chi connectivity index (χ0v) is 10.2. The van der Waals surface area contributed by atoms with E-state index in [1.54, 1.807) is 0 Å². The molecule has 1 nitrogen and oxygen atoms in total. The second-order valence-corrected chi connectivity index (χ2v) is 4.25. The van der Waals surface area contributed by atoms with Gasteiger partial charge in [-0.25, -0.2) is 8.78 Å². The molecule has 0 fully saturated rings. The van der Waals surface area contributed by atoms with Crippen molar-refractivity contribution >= 4 is 0 Å². The molecule has 94 valence electrons. The molecule has 2 aromatic carbocycles. The highest BCUT2D eigenvalue weighted by molar-refractivity contribution is 5.20. The zero-order chi connectivity index (χ0) is 13.0. The highest BCUT2D eigenvalue weighted by Gasteiger charge is 2.07. The van der Waals surface area contributed by atoms with Gasteiger partial charge in [-0.1, -0.05) is 36.4 Å². The molecule has 0 aromatic heterocycles. The predicted molar refractivity (Wildman–Crippen MR) is 68.1 cm³/mol. The Bertz CT molecular complexity index is 511. The third-order valence-corrected chi connectivity index (χ3v) is 2.91.